The molecule has 0 N–H and O–H groups in total. The maximum Gasteiger partial charge on any atom is 0.410 e. The molecule has 1 amide bonds. The Hall–Kier alpha value is -1.51. The van der Waals surface area contributed by atoms with Gasteiger partial charge in [0, 0.05) is 13.1 Å². The van der Waals surface area contributed by atoms with Gasteiger partial charge in [-0.2, -0.15) is 0 Å². The Morgan fingerprint density at radius 1 is 1.24 bits per heavy atom. The van der Waals surface area contributed by atoms with E-state index in [1.54, 1.807) is 0 Å². The van der Waals surface area contributed by atoms with Gasteiger partial charge < -0.3 is 9.64 Å². The van der Waals surface area contributed by atoms with Crippen molar-refractivity contribution in [1.29, 1.82) is 0 Å². The number of rotatable bonds is 3. The lowest BCUT2D eigenvalue weighted by atomic mass is 9.75. The van der Waals surface area contributed by atoms with Gasteiger partial charge in [-0.05, 0) is 73.2 Å². The second kappa shape index (κ2) is 5.75. The van der Waals surface area contributed by atoms with Gasteiger partial charge in [0.1, 0.15) is 6.10 Å². The number of hydrogen-bond donors (Lipinski definition) is 0. The smallest absolute Gasteiger partial charge is 0.410 e. The van der Waals surface area contributed by atoms with Gasteiger partial charge in [0.2, 0.25) is 0 Å². The number of hydrogen-bond acceptors (Lipinski definition) is 2. The number of benzene rings is 1. The van der Waals surface area contributed by atoms with Crippen LogP contribution in [0.15, 0.2) is 30.3 Å². The molecule has 6 unspecified atom stereocenters. The van der Waals surface area contributed by atoms with Crippen molar-refractivity contribution in [3.8, 4) is 0 Å². The first-order valence-electron chi connectivity index (χ1n) is 10.1. The summed E-state index contributed by atoms with van der Waals surface area (Å²) in [4.78, 5) is 14.7. The predicted molar refractivity (Wildman–Crippen MR) is 97.1 cm³/mol. The molecule has 1 aromatic rings. The van der Waals surface area contributed by atoms with E-state index < -0.39 is 0 Å². The fourth-order valence-electron chi connectivity index (χ4n) is 6.31. The van der Waals surface area contributed by atoms with Crippen LogP contribution >= 0.6 is 0 Å². The van der Waals surface area contributed by atoms with Crippen LogP contribution < -0.4 is 0 Å². The number of likely N-dealkylation sites (tertiary alicyclic amines) is 1. The first-order chi connectivity index (χ1) is 12.1. The van der Waals surface area contributed by atoms with Gasteiger partial charge in [0.15, 0.2) is 0 Å². The van der Waals surface area contributed by atoms with Crippen LogP contribution in [0.4, 0.5) is 4.79 Å². The molecule has 0 aromatic heterocycles. The molecular weight excluding hydrogens is 310 g/mol. The van der Waals surface area contributed by atoms with Crippen molar-refractivity contribution in [2.45, 2.75) is 51.6 Å². The maximum absolute atomic E-state index is 12.7. The van der Waals surface area contributed by atoms with Gasteiger partial charge in [0.05, 0.1) is 0 Å². The topological polar surface area (TPSA) is 29.5 Å². The van der Waals surface area contributed by atoms with Gasteiger partial charge in [-0.15, -0.1) is 0 Å². The summed E-state index contributed by atoms with van der Waals surface area (Å²) in [7, 11) is 0. The normalized spacial score (nSPS) is 41.5. The molecular formula is C22H29NO2. The Kier molecular flexibility index (Phi) is 3.62. The molecule has 5 rings (SSSR count). The van der Waals surface area contributed by atoms with E-state index in [4.69, 9.17) is 4.74 Å². The Balaban J connectivity index is 1.17. The number of carbonyl (C=O) groups excluding carboxylic acids is 1. The molecule has 4 fully saturated rings. The summed E-state index contributed by atoms with van der Waals surface area (Å²) in [5.74, 6) is 2.69. The first kappa shape index (κ1) is 15.7. The van der Waals surface area contributed by atoms with Crippen LogP contribution in [0.25, 0.3) is 0 Å². The minimum absolute atomic E-state index is 0.0519. The highest BCUT2D eigenvalue weighted by Gasteiger charge is 2.65. The van der Waals surface area contributed by atoms with Gasteiger partial charge in [0.25, 0.3) is 0 Å². The summed E-state index contributed by atoms with van der Waals surface area (Å²) in [6, 6.07) is 10.6. The number of fused-ring (bicyclic) bond motifs is 1. The molecule has 3 aliphatic carbocycles. The van der Waals surface area contributed by atoms with E-state index in [2.05, 4.69) is 37.3 Å². The third-order valence-corrected chi connectivity index (χ3v) is 7.52. The van der Waals surface area contributed by atoms with Crippen LogP contribution in [0.2, 0.25) is 0 Å². The summed E-state index contributed by atoms with van der Waals surface area (Å²) < 4.78 is 6.07. The Labute approximate surface area is 150 Å². The Morgan fingerprint density at radius 3 is 2.92 bits per heavy atom. The molecule has 25 heavy (non-hydrogen) atoms. The van der Waals surface area contributed by atoms with Crippen molar-refractivity contribution in [2.24, 2.45) is 29.1 Å². The quantitative estimate of drug-likeness (QED) is 0.811. The van der Waals surface area contributed by atoms with E-state index in [1.807, 2.05) is 4.90 Å². The summed E-state index contributed by atoms with van der Waals surface area (Å²) in [6.07, 6.45) is 7.62. The van der Waals surface area contributed by atoms with Gasteiger partial charge >= 0.3 is 6.09 Å². The highest BCUT2D eigenvalue weighted by Crippen LogP contribution is 2.72. The molecule has 3 saturated carbocycles. The van der Waals surface area contributed by atoms with Crippen LogP contribution in [0.5, 0.6) is 0 Å². The van der Waals surface area contributed by atoms with Crippen molar-refractivity contribution in [3.05, 3.63) is 35.9 Å². The maximum atomic E-state index is 12.7. The second-order valence-electron chi connectivity index (χ2n) is 9.28. The predicted octanol–water partition coefficient (Wildman–Crippen LogP) is 4.51. The van der Waals surface area contributed by atoms with Crippen molar-refractivity contribution >= 4 is 6.09 Å². The van der Waals surface area contributed by atoms with E-state index in [0.29, 0.717) is 23.2 Å². The van der Waals surface area contributed by atoms with E-state index >= 15 is 0 Å². The monoisotopic (exact) mass is 339 g/mol. The molecule has 1 saturated heterocycles. The average molecular weight is 339 g/mol. The lowest BCUT2D eigenvalue weighted by Gasteiger charge is -2.37. The first-order valence-corrected chi connectivity index (χ1v) is 10.1. The molecule has 1 aliphatic heterocycles. The molecule has 4 aliphatic rings. The lowest BCUT2D eigenvalue weighted by molar-refractivity contribution is -0.0175. The van der Waals surface area contributed by atoms with E-state index in [1.165, 1.54) is 31.2 Å². The van der Waals surface area contributed by atoms with Crippen LogP contribution in [-0.4, -0.2) is 30.2 Å². The molecule has 1 spiro atoms. The molecule has 134 valence electrons. The Bertz CT molecular complexity index is 659. The summed E-state index contributed by atoms with van der Waals surface area (Å²) in [5, 5.41) is 0. The molecule has 2 bridgehead atoms. The molecule has 0 radical (unpaired) electrons. The molecule has 3 heteroatoms. The zero-order chi connectivity index (χ0) is 17.0. The zero-order valence-electron chi connectivity index (χ0n) is 15.2. The summed E-state index contributed by atoms with van der Waals surface area (Å²) in [6.45, 7) is 4.01. The number of amides is 1. The standard InChI is InChI=1S/C22H29NO2/c1-15-11-22-12-18(10-19(22)13-22)20(15)25-21(24)23-8-7-17(14-23)9-16-5-3-2-4-6-16/h2-6,15,17-20H,7-14H2,1H3. The van der Waals surface area contributed by atoms with Crippen molar-refractivity contribution in [1.82, 2.24) is 4.90 Å². The average Bonchev–Trinajstić information content (AvgIpc) is 2.96. The van der Waals surface area contributed by atoms with E-state index in [9.17, 15) is 4.79 Å². The number of carbonyl (C=O) groups is 1. The highest BCUT2D eigenvalue weighted by atomic mass is 16.6. The summed E-state index contributed by atoms with van der Waals surface area (Å²) in [5.41, 5.74) is 2.04. The summed E-state index contributed by atoms with van der Waals surface area (Å²) >= 11 is 0. The second-order valence-corrected chi connectivity index (χ2v) is 9.28. The number of nitrogens with zero attached hydrogens (tertiary/aromatic N) is 1. The minimum Gasteiger partial charge on any atom is -0.446 e. The number of ether oxygens (including phenoxy) is 1. The fraction of sp³-hybridized carbons (Fsp3) is 0.682. The molecule has 1 heterocycles. The third kappa shape index (κ3) is 2.76. The van der Waals surface area contributed by atoms with E-state index in [0.717, 1.165) is 31.8 Å². The van der Waals surface area contributed by atoms with Crippen molar-refractivity contribution < 1.29 is 9.53 Å². The van der Waals surface area contributed by atoms with Crippen LogP contribution in [0.1, 0.15) is 44.6 Å². The lowest BCUT2D eigenvalue weighted by Crippen LogP contribution is -2.41. The van der Waals surface area contributed by atoms with Gasteiger partial charge in [-0.25, -0.2) is 4.79 Å². The molecule has 1 aromatic carbocycles. The largest absolute Gasteiger partial charge is 0.446 e. The molecule has 6 atom stereocenters. The third-order valence-electron chi connectivity index (χ3n) is 7.52. The van der Waals surface area contributed by atoms with Crippen molar-refractivity contribution in [3.63, 3.8) is 0 Å². The van der Waals surface area contributed by atoms with Crippen LogP contribution in [0, 0.1) is 29.1 Å². The van der Waals surface area contributed by atoms with Crippen LogP contribution in [0.3, 0.4) is 0 Å². The fourth-order valence-corrected chi connectivity index (χ4v) is 6.31. The van der Waals surface area contributed by atoms with Crippen molar-refractivity contribution in [2.75, 3.05) is 13.1 Å². The zero-order valence-corrected chi connectivity index (χ0v) is 15.2. The SMILES string of the molecule is CC1CC23CC(CC2C3)C1OC(=O)N1CCC(Cc2ccccc2)C1. The van der Waals surface area contributed by atoms with Crippen LogP contribution in [-0.2, 0) is 11.2 Å². The van der Waals surface area contributed by atoms with Gasteiger partial charge in [-0.1, -0.05) is 37.3 Å². The Morgan fingerprint density at radius 2 is 2.08 bits per heavy atom. The minimum atomic E-state index is -0.0519. The molecule has 3 nitrogen and oxygen atoms in total. The van der Waals surface area contributed by atoms with E-state index in [-0.39, 0.29) is 12.2 Å². The highest BCUT2D eigenvalue weighted by molar-refractivity contribution is 5.68. The van der Waals surface area contributed by atoms with Gasteiger partial charge in [-0.3, -0.25) is 0 Å².